The first-order valence-corrected chi connectivity index (χ1v) is 7.32. The smallest absolute Gasteiger partial charge is 0.231 e. The summed E-state index contributed by atoms with van der Waals surface area (Å²) >= 11 is 0. The average Bonchev–Trinajstić information content (AvgIpc) is 3.24. The van der Waals surface area contributed by atoms with E-state index in [9.17, 15) is 5.11 Å². The maximum Gasteiger partial charge on any atom is 0.231 e. The van der Waals surface area contributed by atoms with Crippen molar-refractivity contribution in [3.8, 4) is 22.9 Å². The predicted octanol–water partition coefficient (Wildman–Crippen LogP) is 3.34. The zero-order chi connectivity index (χ0) is 15.8. The summed E-state index contributed by atoms with van der Waals surface area (Å²) in [5, 5.41) is 17.7. The third-order valence-corrected chi connectivity index (χ3v) is 3.79. The standard InChI is InChI=1S/C17H14N4O2/c1-2-11-3-6-16-14(7-11)20-17(23-16)13-8-12(4-5-15(13)22)21-9-18-19-10-21/h3-10,22H,2H2,1H3. The topological polar surface area (TPSA) is 77.0 Å². The molecule has 6 nitrogen and oxygen atoms in total. The van der Waals surface area contributed by atoms with Gasteiger partial charge in [0.15, 0.2) is 5.58 Å². The van der Waals surface area contributed by atoms with Crippen LogP contribution in [0.5, 0.6) is 5.75 Å². The molecule has 2 aromatic heterocycles. The first kappa shape index (κ1) is 13.5. The van der Waals surface area contributed by atoms with E-state index in [4.69, 9.17) is 4.42 Å². The third kappa shape index (κ3) is 2.34. The minimum atomic E-state index is 0.115. The number of aromatic nitrogens is 4. The molecule has 0 saturated heterocycles. The molecule has 2 aromatic carbocycles. The van der Waals surface area contributed by atoms with Gasteiger partial charge in [0.2, 0.25) is 5.89 Å². The summed E-state index contributed by atoms with van der Waals surface area (Å²) in [6, 6.07) is 11.1. The number of benzene rings is 2. The highest BCUT2D eigenvalue weighted by molar-refractivity contribution is 5.78. The van der Waals surface area contributed by atoms with Gasteiger partial charge in [0.25, 0.3) is 0 Å². The fourth-order valence-electron chi connectivity index (χ4n) is 2.50. The number of aromatic hydroxyl groups is 1. The minimum Gasteiger partial charge on any atom is -0.507 e. The molecule has 114 valence electrons. The molecule has 0 radical (unpaired) electrons. The Labute approximate surface area is 132 Å². The molecular weight excluding hydrogens is 292 g/mol. The molecule has 6 heteroatoms. The summed E-state index contributed by atoms with van der Waals surface area (Å²) in [6.45, 7) is 2.09. The van der Waals surface area contributed by atoms with E-state index in [1.807, 2.05) is 18.2 Å². The second kappa shape index (κ2) is 5.24. The van der Waals surface area contributed by atoms with Crippen LogP contribution in [0.2, 0.25) is 0 Å². The van der Waals surface area contributed by atoms with Crippen LogP contribution < -0.4 is 0 Å². The Kier molecular flexibility index (Phi) is 3.08. The SMILES string of the molecule is CCc1ccc2oc(-c3cc(-n4cnnc4)ccc3O)nc2c1. The van der Waals surface area contributed by atoms with Gasteiger partial charge < -0.3 is 9.52 Å². The zero-order valence-electron chi connectivity index (χ0n) is 12.5. The number of aryl methyl sites for hydroxylation is 1. The van der Waals surface area contributed by atoms with Crippen LogP contribution in [-0.4, -0.2) is 24.9 Å². The maximum atomic E-state index is 10.2. The number of hydrogen-bond donors (Lipinski definition) is 1. The Bertz CT molecular complexity index is 974. The molecule has 0 aliphatic carbocycles. The lowest BCUT2D eigenvalue weighted by atomic mass is 10.1. The van der Waals surface area contributed by atoms with Crippen LogP contribution in [0.1, 0.15) is 12.5 Å². The van der Waals surface area contributed by atoms with Crippen molar-refractivity contribution in [1.82, 2.24) is 19.7 Å². The first-order valence-electron chi connectivity index (χ1n) is 7.32. The van der Waals surface area contributed by atoms with E-state index in [0.717, 1.165) is 17.6 Å². The van der Waals surface area contributed by atoms with E-state index in [0.29, 0.717) is 17.0 Å². The summed E-state index contributed by atoms with van der Waals surface area (Å²) in [6.07, 6.45) is 4.12. The lowest BCUT2D eigenvalue weighted by Crippen LogP contribution is -1.91. The van der Waals surface area contributed by atoms with Crippen molar-refractivity contribution in [2.75, 3.05) is 0 Å². The van der Waals surface area contributed by atoms with Crippen LogP contribution in [0.4, 0.5) is 0 Å². The molecule has 1 N–H and O–H groups in total. The van der Waals surface area contributed by atoms with Crippen LogP contribution in [0.3, 0.4) is 0 Å². The Morgan fingerprint density at radius 1 is 1.09 bits per heavy atom. The van der Waals surface area contributed by atoms with Gasteiger partial charge in [-0.15, -0.1) is 10.2 Å². The van der Waals surface area contributed by atoms with Crippen molar-refractivity contribution in [2.24, 2.45) is 0 Å². The molecule has 0 fully saturated rings. The molecule has 0 unspecified atom stereocenters. The van der Waals surface area contributed by atoms with Crippen LogP contribution in [0, 0.1) is 0 Å². The molecule has 0 bridgehead atoms. The van der Waals surface area contributed by atoms with Gasteiger partial charge >= 0.3 is 0 Å². The van der Waals surface area contributed by atoms with Gasteiger partial charge in [0, 0.05) is 5.69 Å². The van der Waals surface area contributed by atoms with Crippen LogP contribution in [-0.2, 0) is 6.42 Å². The molecule has 0 aliphatic heterocycles. The first-order chi connectivity index (χ1) is 11.2. The Morgan fingerprint density at radius 2 is 1.91 bits per heavy atom. The Hall–Kier alpha value is -3.15. The van der Waals surface area contributed by atoms with Gasteiger partial charge in [-0.1, -0.05) is 13.0 Å². The monoisotopic (exact) mass is 306 g/mol. The summed E-state index contributed by atoms with van der Waals surface area (Å²) in [5.41, 5.74) is 4.03. The van der Waals surface area contributed by atoms with E-state index in [-0.39, 0.29) is 5.75 Å². The molecule has 4 rings (SSSR count). The number of fused-ring (bicyclic) bond motifs is 1. The molecule has 0 amide bonds. The second-order valence-corrected chi connectivity index (χ2v) is 5.25. The number of nitrogens with zero attached hydrogens (tertiary/aromatic N) is 4. The van der Waals surface area contributed by atoms with Gasteiger partial charge in [-0.25, -0.2) is 4.98 Å². The molecule has 23 heavy (non-hydrogen) atoms. The van der Waals surface area contributed by atoms with Gasteiger partial charge in [0.05, 0.1) is 5.56 Å². The Morgan fingerprint density at radius 3 is 2.70 bits per heavy atom. The van der Waals surface area contributed by atoms with Crippen LogP contribution in [0.25, 0.3) is 28.2 Å². The molecule has 4 aromatic rings. The zero-order valence-corrected chi connectivity index (χ0v) is 12.5. The van der Waals surface area contributed by atoms with Crippen LogP contribution in [0.15, 0.2) is 53.5 Å². The van der Waals surface area contributed by atoms with Crippen molar-refractivity contribution in [3.05, 3.63) is 54.6 Å². The van der Waals surface area contributed by atoms with Crippen molar-refractivity contribution in [1.29, 1.82) is 0 Å². The highest BCUT2D eigenvalue weighted by Crippen LogP contribution is 2.33. The number of rotatable bonds is 3. The maximum absolute atomic E-state index is 10.2. The highest BCUT2D eigenvalue weighted by atomic mass is 16.3. The number of oxazole rings is 1. The number of phenolic OH excluding ortho intramolecular Hbond substituents is 1. The van der Waals surface area contributed by atoms with Crippen molar-refractivity contribution < 1.29 is 9.52 Å². The second-order valence-electron chi connectivity index (χ2n) is 5.25. The van der Waals surface area contributed by atoms with E-state index < -0.39 is 0 Å². The number of hydrogen-bond acceptors (Lipinski definition) is 5. The molecule has 0 atom stereocenters. The van der Waals surface area contributed by atoms with Crippen molar-refractivity contribution in [3.63, 3.8) is 0 Å². The van der Waals surface area contributed by atoms with Gasteiger partial charge in [-0.2, -0.15) is 0 Å². The van der Waals surface area contributed by atoms with E-state index in [1.54, 1.807) is 35.4 Å². The lowest BCUT2D eigenvalue weighted by molar-refractivity contribution is 0.474. The lowest BCUT2D eigenvalue weighted by Gasteiger charge is -2.05. The fraction of sp³-hybridized carbons (Fsp3) is 0.118. The fourth-order valence-corrected chi connectivity index (χ4v) is 2.50. The summed E-state index contributed by atoms with van der Waals surface area (Å²) < 4.78 is 7.55. The van der Waals surface area contributed by atoms with Gasteiger partial charge in [0.1, 0.15) is 23.9 Å². The van der Waals surface area contributed by atoms with Crippen molar-refractivity contribution in [2.45, 2.75) is 13.3 Å². The number of phenols is 1. The molecular formula is C17H14N4O2. The summed E-state index contributed by atoms with van der Waals surface area (Å²) in [7, 11) is 0. The molecule has 0 aliphatic rings. The largest absolute Gasteiger partial charge is 0.507 e. The Balaban J connectivity index is 1.85. The quantitative estimate of drug-likeness (QED) is 0.628. The normalized spacial score (nSPS) is 11.2. The molecule has 0 spiro atoms. The minimum absolute atomic E-state index is 0.115. The predicted molar refractivity (Wildman–Crippen MR) is 85.4 cm³/mol. The summed E-state index contributed by atoms with van der Waals surface area (Å²) in [5.74, 6) is 0.504. The van der Waals surface area contributed by atoms with Gasteiger partial charge in [-0.05, 0) is 42.3 Å². The van der Waals surface area contributed by atoms with Crippen LogP contribution >= 0.6 is 0 Å². The summed E-state index contributed by atoms with van der Waals surface area (Å²) in [4.78, 5) is 4.51. The van der Waals surface area contributed by atoms with E-state index in [1.165, 1.54) is 5.56 Å². The van der Waals surface area contributed by atoms with Gasteiger partial charge in [-0.3, -0.25) is 4.57 Å². The highest BCUT2D eigenvalue weighted by Gasteiger charge is 2.14. The van der Waals surface area contributed by atoms with E-state index >= 15 is 0 Å². The van der Waals surface area contributed by atoms with Crippen molar-refractivity contribution >= 4 is 11.1 Å². The average molecular weight is 306 g/mol. The van der Waals surface area contributed by atoms with E-state index in [2.05, 4.69) is 22.1 Å². The molecule has 2 heterocycles. The molecule has 0 saturated carbocycles. The third-order valence-electron chi connectivity index (χ3n) is 3.79.